The van der Waals surface area contributed by atoms with E-state index in [2.05, 4.69) is 0 Å². The standard InChI is InChI=1S/C7H8O3S/c1-4-2-6(9)7(11-10)3-5(4)8/h2-3,8-10H,1H3. The van der Waals surface area contributed by atoms with Crippen molar-refractivity contribution in [3.8, 4) is 11.5 Å². The van der Waals surface area contributed by atoms with Crippen molar-refractivity contribution in [1.29, 1.82) is 0 Å². The third kappa shape index (κ3) is 1.58. The second-order valence-corrected chi connectivity index (χ2v) is 2.82. The Kier molecular flexibility index (Phi) is 2.26. The fraction of sp³-hybridized carbons (Fsp3) is 0.143. The lowest BCUT2D eigenvalue weighted by Gasteiger charge is -2.02. The minimum atomic E-state index is -0.0206. The van der Waals surface area contributed by atoms with Gasteiger partial charge in [-0.05, 0) is 24.6 Å². The molecule has 0 unspecified atom stereocenters. The molecule has 0 aliphatic rings. The molecule has 3 N–H and O–H groups in total. The summed E-state index contributed by atoms with van der Waals surface area (Å²) in [5.41, 5.74) is 0.584. The SMILES string of the molecule is Cc1cc(O)c(SO)cc1O. The van der Waals surface area contributed by atoms with Crippen molar-refractivity contribution in [3.63, 3.8) is 0 Å². The van der Waals surface area contributed by atoms with Crippen LogP contribution >= 0.6 is 12.0 Å². The molecule has 1 rings (SSSR count). The van der Waals surface area contributed by atoms with Gasteiger partial charge in [-0.25, -0.2) is 0 Å². The van der Waals surface area contributed by atoms with E-state index in [-0.39, 0.29) is 16.4 Å². The summed E-state index contributed by atoms with van der Waals surface area (Å²) in [7, 11) is 0. The predicted octanol–water partition coefficient (Wildman–Crippen LogP) is 1.97. The van der Waals surface area contributed by atoms with E-state index in [1.165, 1.54) is 12.1 Å². The van der Waals surface area contributed by atoms with Crippen molar-refractivity contribution < 1.29 is 14.8 Å². The van der Waals surface area contributed by atoms with E-state index in [9.17, 15) is 0 Å². The lowest BCUT2D eigenvalue weighted by molar-refractivity contribution is 0.444. The van der Waals surface area contributed by atoms with Gasteiger partial charge in [0.1, 0.15) is 11.5 Å². The first kappa shape index (κ1) is 8.23. The zero-order valence-electron chi connectivity index (χ0n) is 5.90. The molecule has 0 heterocycles. The van der Waals surface area contributed by atoms with Gasteiger partial charge in [0, 0.05) is 12.0 Å². The second kappa shape index (κ2) is 3.02. The first-order chi connectivity index (χ1) is 5.15. The molecular formula is C7H8O3S. The summed E-state index contributed by atoms with van der Waals surface area (Å²) in [6.45, 7) is 1.67. The van der Waals surface area contributed by atoms with Gasteiger partial charge in [0.25, 0.3) is 0 Å². The van der Waals surface area contributed by atoms with Gasteiger partial charge >= 0.3 is 0 Å². The number of phenolic OH excluding ortho intramolecular Hbond substituents is 2. The number of hydrogen-bond acceptors (Lipinski definition) is 4. The van der Waals surface area contributed by atoms with Crippen molar-refractivity contribution in [1.82, 2.24) is 0 Å². The largest absolute Gasteiger partial charge is 0.508 e. The molecule has 0 aromatic heterocycles. The van der Waals surface area contributed by atoms with E-state index in [1.807, 2.05) is 0 Å². The molecule has 0 radical (unpaired) electrons. The van der Waals surface area contributed by atoms with Gasteiger partial charge in [0.2, 0.25) is 0 Å². The summed E-state index contributed by atoms with van der Waals surface area (Å²) in [5, 5.41) is 18.2. The smallest absolute Gasteiger partial charge is 0.131 e. The minimum absolute atomic E-state index is 0.0206. The maximum Gasteiger partial charge on any atom is 0.131 e. The van der Waals surface area contributed by atoms with E-state index < -0.39 is 0 Å². The average Bonchev–Trinajstić information content (AvgIpc) is 1.97. The molecular weight excluding hydrogens is 164 g/mol. The Balaban J connectivity index is 3.21. The van der Waals surface area contributed by atoms with Crippen molar-refractivity contribution in [2.75, 3.05) is 0 Å². The summed E-state index contributed by atoms with van der Waals surface area (Å²) >= 11 is 0.408. The second-order valence-electron chi connectivity index (χ2n) is 2.20. The van der Waals surface area contributed by atoms with Gasteiger partial charge in [-0.2, -0.15) is 0 Å². The molecule has 1 aromatic rings. The molecule has 0 bridgehead atoms. The molecule has 0 aliphatic heterocycles. The summed E-state index contributed by atoms with van der Waals surface area (Å²) < 4.78 is 8.58. The highest BCUT2D eigenvalue weighted by Gasteiger charge is 2.04. The summed E-state index contributed by atoms with van der Waals surface area (Å²) in [4.78, 5) is 0.258. The number of aryl methyl sites for hydroxylation is 1. The normalized spacial score (nSPS) is 10.0. The monoisotopic (exact) mass is 172 g/mol. The van der Waals surface area contributed by atoms with Gasteiger partial charge in [-0.15, -0.1) is 0 Å². The Morgan fingerprint density at radius 1 is 1.18 bits per heavy atom. The van der Waals surface area contributed by atoms with Crippen LogP contribution < -0.4 is 0 Å². The molecule has 0 aliphatic carbocycles. The highest BCUT2D eigenvalue weighted by molar-refractivity contribution is 7.93. The van der Waals surface area contributed by atoms with Crippen LogP contribution in [0.15, 0.2) is 17.0 Å². The predicted molar refractivity (Wildman–Crippen MR) is 43.0 cm³/mol. The van der Waals surface area contributed by atoms with Crippen molar-refractivity contribution >= 4 is 12.0 Å². The fourth-order valence-corrected chi connectivity index (χ4v) is 1.05. The van der Waals surface area contributed by atoms with Gasteiger partial charge in [-0.1, -0.05) is 0 Å². The Morgan fingerprint density at radius 2 is 1.82 bits per heavy atom. The van der Waals surface area contributed by atoms with Crippen LogP contribution in [-0.2, 0) is 0 Å². The zero-order valence-corrected chi connectivity index (χ0v) is 6.72. The molecule has 0 spiro atoms. The molecule has 0 saturated heterocycles. The van der Waals surface area contributed by atoms with Crippen LogP contribution in [0, 0.1) is 6.92 Å². The quantitative estimate of drug-likeness (QED) is 0.447. The van der Waals surface area contributed by atoms with E-state index in [0.29, 0.717) is 17.6 Å². The van der Waals surface area contributed by atoms with Crippen LogP contribution in [0.25, 0.3) is 0 Å². The number of aromatic hydroxyl groups is 2. The molecule has 0 amide bonds. The first-order valence-corrected chi connectivity index (χ1v) is 3.76. The molecule has 0 atom stereocenters. The maximum absolute atomic E-state index is 9.12. The fourth-order valence-electron chi connectivity index (χ4n) is 0.735. The lowest BCUT2D eigenvalue weighted by atomic mass is 10.2. The number of rotatable bonds is 1. The number of benzene rings is 1. The Hall–Kier alpha value is -0.870. The summed E-state index contributed by atoms with van der Waals surface area (Å²) in [5.74, 6) is 0.0483. The number of hydrogen-bond donors (Lipinski definition) is 3. The van der Waals surface area contributed by atoms with Crippen molar-refractivity contribution in [2.24, 2.45) is 0 Å². The minimum Gasteiger partial charge on any atom is -0.508 e. The third-order valence-electron chi connectivity index (χ3n) is 1.38. The average molecular weight is 172 g/mol. The van der Waals surface area contributed by atoms with E-state index >= 15 is 0 Å². The summed E-state index contributed by atoms with van der Waals surface area (Å²) in [6, 6.07) is 2.71. The Bertz CT molecular complexity index is 273. The van der Waals surface area contributed by atoms with Gasteiger partial charge in [0.15, 0.2) is 0 Å². The van der Waals surface area contributed by atoms with E-state index in [1.54, 1.807) is 6.92 Å². The molecule has 11 heavy (non-hydrogen) atoms. The van der Waals surface area contributed by atoms with Crippen LogP contribution in [-0.4, -0.2) is 14.8 Å². The topological polar surface area (TPSA) is 60.7 Å². The lowest BCUT2D eigenvalue weighted by Crippen LogP contribution is -1.77. The van der Waals surface area contributed by atoms with Gasteiger partial charge in [-0.3, -0.25) is 0 Å². The Morgan fingerprint density at radius 3 is 2.36 bits per heavy atom. The molecule has 60 valence electrons. The Labute approximate surface area is 68.5 Å². The van der Waals surface area contributed by atoms with Crippen LogP contribution in [0.3, 0.4) is 0 Å². The molecule has 3 nitrogen and oxygen atoms in total. The highest BCUT2D eigenvalue weighted by Crippen LogP contribution is 2.32. The molecule has 0 saturated carbocycles. The van der Waals surface area contributed by atoms with Crippen LogP contribution in [0.1, 0.15) is 5.56 Å². The third-order valence-corrected chi connectivity index (χ3v) is 1.90. The molecule has 0 fully saturated rings. The van der Waals surface area contributed by atoms with Crippen LogP contribution in [0.5, 0.6) is 11.5 Å². The molecule has 1 aromatic carbocycles. The van der Waals surface area contributed by atoms with Crippen molar-refractivity contribution in [2.45, 2.75) is 11.8 Å². The zero-order chi connectivity index (χ0) is 8.43. The first-order valence-electron chi connectivity index (χ1n) is 2.99. The van der Waals surface area contributed by atoms with E-state index in [4.69, 9.17) is 14.8 Å². The van der Waals surface area contributed by atoms with E-state index in [0.717, 1.165) is 0 Å². The van der Waals surface area contributed by atoms with Crippen LogP contribution in [0.2, 0.25) is 0 Å². The number of phenols is 2. The summed E-state index contributed by atoms with van der Waals surface area (Å²) in [6.07, 6.45) is 0. The van der Waals surface area contributed by atoms with Crippen LogP contribution in [0.4, 0.5) is 0 Å². The van der Waals surface area contributed by atoms with Gasteiger partial charge in [0.05, 0.1) is 4.90 Å². The van der Waals surface area contributed by atoms with Crippen molar-refractivity contribution in [3.05, 3.63) is 17.7 Å². The highest BCUT2D eigenvalue weighted by atomic mass is 32.2. The maximum atomic E-state index is 9.12. The molecule has 4 heteroatoms. The van der Waals surface area contributed by atoms with Gasteiger partial charge < -0.3 is 14.8 Å².